The SMILES string of the molecule is O=C1NCCC[C@H]1Nc1nc2ccccc2c2nc(-c3ccncc3F)nn12. The van der Waals surface area contributed by atoms with Gasteiger partial charge in [-0.25, -0.2) is 14.4 Å². The lowest BCUT2D eigenvalue weighted by atomic mass is 10.1. The molecule has 1 aliphatic rings. The maximum Gasteiger partial charge on any atom is 0.242 e. The summed E-state index contributed by atoms with van der Waals surface area (Å²) >= 11 is 0. The zero-order chi connectivity index (χ0) is 19.1. The summed E-state index contributed by atoms with van der Waals surface area (Å²) in [6, 6.07) is 8.63. The zero-order valence-electron chi connectivity index (χ0n) is 14.8. The molecule has 0 unspecified atom stereocenters. The molecule has 0 saturated carbocycles. The van der Waals surface area contributed by atoms with E-state index in [2.05, 4.69) is 30.7 Å². The monoisotopic (exact) mass is 377 g/mol. The molecule has 140 valence electrons. The molecular formula is C19H16FN7O. The number of carbonyl (C=O) groups is 1. The Morgan fingerprint density at radius 1 is 1.21 bits per heavy atom. The molecule has 28 heavy (non-hydrogen) atoms. The molecule has 8 nitrogen and oxygen atoms in total. The van der Waals surface area contributed by atoms with Gasteiger partial charge in [-0.3, -0.25) is 9.78 Å². The molecule has 0 bridgehead atoms. The van der Waals surface area contributed by atoms with Gasteiger partial charge in [0.2, 0.25) is 11.9 Å². The number of para-hydroxylation sites is 1. The first kappa shape index (κ1) is 16.5. The number of aromatic nitrogens is 5. The standard InChI is InChI=1S/C19H16FN7O/c20-13-10-21-9-7-11(13)16-25-17-12-4-1-2-5-14(12)23-19(27(17)26-16)24-15-6-3-8-22-18(15)28/h1-2,4-5,7,9-10,15H,3,6,8H2,(H,22,28)(H,23,24)/t15-/m1/s1. The van der Waals surface area contributed by atoms with Gasteiger partial charge in [0.15, 0.2) is 17.3 Å². The van der Waals surface area contributed by atoms with Crippen LogP contribution >= 0.6 is 0 Å². The van der Waals surface area contributed by atoms with E-state index in [1.165, 1.54) is 16.8 Å². The van der Waals surface area contributed by atoms with Crippen molar-refractivity contribution in [1.29, 1.82) is 0 Å². The van der Waals surface area contributed by atoms with Crippen LogP contribution in [0.15, 0.2) is 42.7 Å². The molecule has 5 rings (SSSR count). The average molecular weight is 377 g/mol. The van der Waals surface area contributed by atoms with Crippen molar-refractivity contribution in [3.63, 3.8) is 0 Å². The predicted molar refractivity (Wildman–Crippen MR) is 101 cm³/mol. The second-order valence-electron chi connectivity index (χ2n) is 6.61. The second kappa shape index (κ2) is 6.52. The third kappa shape index (κ3) is 2.72. The topological polar surface area (TPSA) is 97.1 Å². The van der Waals surface area contributed by atoms with Crippen LogP contribution in [0.25, 0.3) is 27.9 Å². The highest BCUT2D eigenvalue weighted by Crippen LogP contribution is 2.25. The summed E-state index contributed by atoms with van der Waals surface area (Å²) in [7, 11) is 0. The van der Waals surface area contributed by atoms with Crippen LogP contribution in [0.1, 0.15) is 12.8 Å². The van der Waals surface area contributed by atoms with E-state index in [1.807, 2.05) is 24.3 Å². The van der Waals surface area contributed by atoms with Crippen LogP contribution in [0.5, 0.6) is 0 Å². The van der Waals surface area contributed by atoms with E-state index in [0.29, 0.717) is 30.1 Å². The van der Waals surface area contributed by atoms with Crippen LogP contribution in [0.2, 0.25) is 0 Å². The van der Waals surface area contributed by atoms with Gasteiger partial charge in [-0.05, 0) is 31.0 Å². The summed E-state index contributed by atoms with van der Waals surface area (Å²) in [6.45, 7) is 0.673. The van der Waals surface area contributed by atoms with E-state index in [9.17, 15) is 9.18 Å². The maximum atomic E-state index is 14.2. The molecule has 1 fully saturated rings. The van der Waals surface area contributed by atoms with E-state index in [-0.39, 0.29) is 17.3 Å². The number of pyridine rings is 1. The molecule has 1 aliphatic heterocycles. The lowest BCUT2D eigenvalue weighted by molar-refractivity contribution is -0.123. The Bertz CT molecular complexity index is 1210. The largest absolute Gasteiger partial charge is 0.354 e. The van der Waals surface area contributed by atoms with Gasteiger partial charge in [0.25, 0.3) is 0 Å². The number of carbonyl (C=O) groups excluding carboxylic acids is 1. The summed E-state index contributed by atoms with van der Waals surface area (Å²) in [5.74, 6) is 0.0462. The lowest BCUT2D eigenvalue weighted by Gasteiger charge is -2.23. The van der Waals surface area contributed by atoms with Crippen molar-refractivity contribution in [3.05, 3.63) is 48.5 Å². The highest BCUT2D eigenvalue weighted by atomic mass is 19.1. The number of anilines is 1. The second-order valence-corrected chi connectivity index (χ2v) is 6.61. The van der Waals surface area contributed by atoms with Gasteiger partial charge >= 0.3 is 0 Å². The molecule has 9 heteroatoms. The first-order valence-electron chi connectivity index (χ1n) is 9.00. The van der Waals surface area contributed by atoms with E-state index in [1.54, 1.807) is 0 Å². The third-order valence-corrected chi connectivity index (χ3v) is 4.78. The van der Waals surface area contributed by atoms with E-state index in [4.69, 9.17) is 0 Å². The van der Waals surface area contributed by atoms with Gasteiger partial charge in [-0.2, -0.15) is 4.52 Å². The van der Waals surface area contributed by atoms with Crippen molar-refractivity contribution < 1.29 is 9.18 Å². The summed E-state index contributed by atoms with van der Waals surface area (Å²) < 4.78 is 15.7. The van der Waals surface area contributed by atoms with Gasteiger partial charge in [-0.15, -0.1) is 5.10 Å². The van der Waals surface area contributed by atoms with Gasteiger partial charge < -0.3 is 10.6 Å². The Balaban J connectivity index is 1.70. The number of nitrogens with one attached hydrogen (secondary N) is 2. The van der Waals surface area contributed by atoms with E-state index < -0.39 is 11.9 Å². The van der Waals surface area contributed by atoms with Gasteiger partial charge in [0, 0.05) is 18.1 Å². The first-order valence-corrected chi connectivity index (χ1v) is 9.00. The first-order chi connectivity index (χ1) is 13.7. The molecule has 4 aromatic rings. The average Bonchev–Trinajstić information content (AvgIpc) is 3.16. The lowest BCUT2D eigenvalue weighted by Crippen LogP contribution is -2.44. The summed E-state index contributed by atoms with van der Waals surface area (Å²) in [5.41, 5.74) is 1.50. The maximum absolute atomic E-state index is 14.2. The molecule has 3 aromatic heterocycles. The van der Waals surface area contributed by atoms with Crippen LogP contribution in [0.3, 0.4) is 0 Å². The van der Waals surface area contributed by atoms with Crippen molar-refractivity contribution >= 4 is 28.4 Å². The van der Waals surface area contributed by atoms with Crippen LogP contribution in [-0.2, 0) is 4.79 Å². The fourth-order valence-electron chi connectivity index (χ4n) is 3.39. The minimum absolute atomic E-state index is 0.0742. The van der Waals surface area contributed by atoms with Crippen LogP contribution in [-0.4, -0.2) is 43.1 Å². The van der Waals surface area contributed by atoms with Gasteiger partial charge in [0.05, 0.1) is 17.3 Å². The minimum Gasteiger partial charge on any atom is -0.354 e. The number of fused-ring (bicyclic) bond motifs is 3. The van der Waals surface area contributed by atoms with E-state index >= 15 is 0 Å². The number of rotatable bonds is 3. The number of benzene rings is 1. The molecule has 1 aromatic carbocycles. The van der Waals surface area contributed by atoms with Crippen molar-refractivity contribution in [2.45, 2.75) is 18.9 Å². The normalized spacial score (nSPS) is 17.0. The minimum atomic E-state index is -0.503. The highest BCUT2D eigenvalue weighted by molar-refractivity contribution is 5.93. The Morgan fingerprint density at radius 3 is 2.96 bits per heavy atom. The van der Waals surface area contributed by atoms with Crippen LogP contribution in [0.4, 0.5) is 10.3 Å². The summed E-state index contributed by atoms with van der Waals surface area (Å²) in [4.78, 5) is 25.1. The Labute approximate surface area is 158 Å². The summed E-state index contributed by atoms with van der Waals surface area (Å²) in [5, 5.41) is 11.3. The van der Waals surface area contributed by atoms with Crippen LogP contribution < -0.4 is 10.6 Å². The highest BCUT2D eigenvalue weighted by Gasteiger charge is 2.24. The molecular weight excluding hydrogens is 361 g/mol. The smallest absolute Gasteiger partial charge is 0.242 e. The molecule has 1 saturated heterocycles. The molecule has 0 aliphatic carbocycles. The van der Waals surface area contributed by atoms with Crippen LogP contribution in [0, 0.1) is 5.82 Å². The number of halogens is 1. The number of piperidine rings is 1. The van der Waals surface area contributed by atoms with Crippen molar-refractivity contribution in [2.75, 3.05) is 11.9 Å². The van der Waals surface area contributed by atoms with Gasteiger partial charge in [-0.1, -0.05) is 12.1 Å². The molecule has 4 heterocycles. The Kier molecular flexibility index (Phi) is 3.85. The molecule has 1 amide bonds. The molecule has 1 atom stereocenters. The van der Waals surface area contributed by atoms with Crippen molar-refractivity contribution in [2.24, 2.45) is 0 Å². The fraction of sp³-hybridized carbons (Fsp3) is 0.211. The van der Waals surface area contributed by atoms with Gasteiger partial charge in [0.1, 0.15) is 6.04 Å². The third-order valence-electron chi connectivity index (χ3n) is 4.78. The Morgan fingerprint density at radius 2 is 2.11 bits per heavy atom. The van der Waals surface area contributed by atoms with Crippen molar-refractivity contribution in [1.82, 2.24) is 29.9 Å². The van der Waals surface area contributed by atoms with Crippen molar-refractivity contribution in [3.8, 4) is 11.4 Å². The number of amides is 1. The zero-order valence-corrected chi connectivity index (χ0v) is 14.8. The quantitative estimate of drug-likeness (QED) is 0.568. The molecule has 0 spiro atoms. The fourth-order valence-corrected chi connectivity index (χ4v) is 3.39. The Hall–Kier alpha value is -3.62. The molecule has 2 N–H and O–H groups in total. The number of nitrogens with zero attached hydrogens (tertiary/aromatic N) is 5. The predicted octanol–water partition coefficient (Wildman–Crippen LogP) is 2.17. The summed E-state index contributed by atoms with van der Waals surface area (Å²) in [6.07, 6.45) is 4.20. The number of hydrogen-bond acceptors (Lipinski definition) is 6. The number of hydrogen-bond donors (Lipinski definition) is 2. The van der Waals surface area contributed by atoms with E-state index in [0.717, 1.165) is 18.0 Å². The molecule has 0 radical (unpaired) electrons.